The SMILES string of the molecule is [Cl-].[Cl-].[Hf+4].[Hf+4]. The van der Waals surface area contributed by atoms with E-state index in [0.717, 1.165) is 0 Å². The monoisotopic (exact) mass is 430 g/mol. The Hall–Kier alpha value is 2.32. The van der Waals surface area contributed by atoms with Gasteiger partial charge in [-0.25, -0.2) is 0 Å². The van der Waals surface area contributed by atoms with Crippen LogP contribution in [0.25, 0.3) is 0 Å². The Morgan fingerprint density at radius 2 is 0.500 bits per heavy atom. The molecule has 0 aliphatic heterocycles. The summed E-state index contributed by atoms with van der Waals surface area (Å²) in [7, 11) is 0. The van der Waals surface area contributed by atoms with Crippen LogP contribution in [0, 0.1) is 0 Å². The van der Waals surface area contributed by atoms with Gasteiger partial charge in [0.15, 0.2) is 0 Å². The van der Waals surface area contributed by atoms with E-state index in [4.69, 9.17) is 0 Å². The van der Waals surface area contributed by atoms with Crippen molar-refractivity contribution in [1.29, 1.82) is 0 Å². The van der Waals surface area contributed by atoms with Crippen molar-refractivity contribution in [3.8, 4) is 0 Å². The average molecular weight is 428 g/mol. The standard InChI is InChI=1S/2ClH.2Hf/h2*1H;;/q;;2*+4/p-2. The average Bonchev–Trinajstić information content (AvgIpc) is 0. The molecule has 0 aliphatic carbocycles. The first-order valence-electron chi connectivity index (χ1n) is 0. The minimum Gasteiger partial charge on any atom is -1.00 e. The van der Waals surface area contributed by atoms with Crippen molar-refractivity contribution in [2.45, 2.75) is 0 Å². The molecule has 0 saturated heterocycles. The summed E-state index contributed by atoms with van der Waals surface area (Å²) in [6.45, 7) is 0. The van der Waals surface area contributed by atoms with Gasteiger partial charge in [0.25, 0.3) is 0 Å². The third-order valence-corrected chi connectivity index (χ3v) is 0. The molecular formula is Cl2Hf2+6. The Bertz CT molecular complexity index is 4.00. The Morgan fingerprint density at radius 1 is 0.500 bits per heavy atom. The molecule has 0 aromatic carbocycles. The van der Waals surface area contributed by atoms with Gasteiger partial charge < -0.3 is 24.8 Å². The smallest absolute Gasteiger partial charge is 1.00 e. The fourth-order valence-corrected chi connectivity index (χ4v) is 0. The second-order valence-electron chi connectivity index (χ2n) is 0. The second kappa shape index (κ2) is 18.4. The predicted molar refractivity (Wildman–Crippen MR) is 0 cm³/mol. The summed E-state index contributed by atoms with van der Waals surface area (Å²) in [6.07, 6.45) is 0. The van der Waals surface area contributed by atoms with Crippen molar-refractivity contribution in [3.63, 3.8) is 0 Å². The van der Waals surface area contributed by atoms with Crippen molar-refractivity contribution in [2.75, 3.05) is 0 Å². The molecule has 0 fully saturated rings. The van der Waals surface area contributed by atoms with Crippen LogP contribution >= 0.6 is 0 Å². The van der Waals surface area contributed by atoms with Crippen LogP contribution in [-0.4, -0.2) is 0 Å². The first-order chi connectivity index (χ1) is 0. The first-order valence-corrected chi connectivity index (χ1v) is 0. The first kappa shape index (κ1) is 33.2. The third-order valence-electron chi connectivity index (χ3n) is 0. The number of hydrogen-bond donors (Lipinski definition) is 0. The normalized spacial score (nSPS) is 0. The predicted octanol–water partition coefficient (Wildman–Crippen LogP) is -6.00. The van der Waals surface area contributed by atoms with Gasteiger partial charge in [0.1, 0.15) is 0 Å². The van der Waals surface area contributed by atoms with Gasteiger partial charge in [-0.15, -0.1) is 0 Å². The molecule has 0 rings (SSSR count). The molecule has 0 bridgehead atoms. The molecule has 0 spiro atoms. The molecule has 0 saturated carbocycles. The van der Waals surface area contributed by atoms with Gasteiger partial charge in [-0.1, -0.05) is 0 Å². The van der Waals surface area contributed by atoms with Crippen LogP contribution in [0.5, 0.6) is 0 Å². The summed E-state index contributed by atoms with van der Waals surface area (Å²) >= 11 is 0. The summed E-state index contributed by atoms with van der Waals surface area (Å²) in [6, 6.07) is 0. The van der Waals surface area contributed by atoms with E-state index in [1.54, 1.807) is 0 Å². The van der Waals surface area contributed by atoms with Crippen molar-refractivity contribution >= 4 is 0 Å². The van der Waals surface area contributed by atoms with Gasteiger partial charge in [-0.05, 0) is 0 Å². The molecule has 0 aliphatic rings. The molecule has 4 heteroatoms. The van der Waals surface area contributed by atoms with Crippen molar-refractivity contribution in [1.82, 2.24) is 0 Å². The fourth-order valence-electron chi connectivity index (χ4n) is 0. The molecule has 0 aromatic heterocycles. The number of halogens is 2. The van der Waals surface area contributed by atoms with Crippen LogP contribution in [0.1, 0.15) is 0 Å². The molecular weight excluding hydrogens is 428 g/mol. The van der Waals surface area contributed by atoms with E-state index in [9.17, 15) is 0 Å². The molecule has 0 aromatic rings. The Labute approximate surface area is 75.5 Å². The molecule has 16 valence electrons. The van der Waals surface area contributed by atoms with E-state index in [2.05, 4.69) is 0 Å². The summed E-state index contributed by atoms with van der Waals surface area (Å²) in [5.41, 5.74) is 0. The molecule has 0 atom stereocenters. The van der Waals surface area contributed by atoms with Crippen LogP contribution < -0.4 is 24.8 Å². The second-order valence-corrected chi connectivity index (χ2v) is 0. The van der Waals surface area contributed by atoms with E-state index < -0.39 is 0 Å². The zero-order valence-corrected chi connectivity index (χ0v) is 10.5. The van der Waals surface area contributed by atoms with Crippen LogP contribution in [0.2, 0.25) is 0 Å². The Balaban J connectivity index is 0. The molecule has 0 radical (unpaired) electrons. The van der Waals surface area contributed by atoms with Crippen LogP contribution in [-0.2, 0) is 51.7 Å². The van der Waals surface area contributed by atoms with E-state index >= 15 is 0 Å². The maximum Gasteiger partial charge on any atom is 4.00 e. The minimum absolute atomic E-state index is 0. The zero-order chi connectivity index (χ0) is 0. The Morgan fingerprint density at radius 3 is 0.500 bits per heavy atom. The van der Waals surface area contributed by atoms with Gasteiger partial charge in [-0.3, -0.25) is 0 Å². The largest absolute Gasteiger partial charge is 4.00 e. The molecule has 0 amide bonds. The third kappa shape index (κ3) is 8.85. The molecule has 0 heterocycles. The van der Waals surface area contributed by atoms with Gasteiger partial charge in [-0.2, -0.15) is 0 Å². The maximum absolute atomic E-state index is 0. The van der Waals surface area contributed by atoms with E-state index in [0.29, 0.717) is 0 Å². The van der Waals surface area contributed by atoms with Gasteiger partial charge >= 0.3 is 51.7 Å². The van der Waals surface area contributed by atoms with Crippen molar-refractivity contribution in [3.05, 3.63) is 0 Å². The van der Waals surface area contributed by atoms with Crippen LogP contribution in [0.15, 0.2) is 0 Å². The van der Waals surface area contributed by atoms with Crippen molar-refractivity contribution < 1.29 is 76.5 Å². The van der Waals surface area contributed by atoms with Gasteiger partial charge in [0, 0.05) is 0 Å². The Kier molecular flexibility index (Phi) is 153. The molecule has 0 N–H and O–H groups in total. The number of rotatable bonds is 0. The minimum atomic E-state index is 0. The van der Waals surface area contributed by atoms with E-state index in [1.807, 2.05) is 0 Å². The topological polar surface area (TPSA) is 0 Å². The quantitative estimate of drug-likeness (QED) is 0.338. The van der Waals surface area contributed by atoms with Gasteiger partial charge in [0.05, 0.1) is 0 Å². The van der Waals surface area contributed by atoms with Crippen LogP contribution in [0.4, 0.5) is 0 Å². The van der Waals surface area contributed by atoms with Crippen LogP contribution in [0.3, 0.4) is 0 Å². The van der Waals surface area contributed by atoms with E-state index in [-0.39, 0.29) is 76.5 Å². The molecule has 4 heavy (non-hydrogen) atoms. The van der Waals surface area contributed by atoms with E-state index in [1.165, 1.54) is 0 Å². The number of hydrogen-bond acceptors (Lipinski definition) is 0. The summed E-state index contributed by atoms with van der Waals surface area (Å²) in [5, 5.41) is 0. The summed E-state index contributed by atoms with van der Waals surface area (Å²) in [5.74, 6) is 0. The molecule has 0 nitrogen and oxygen atoms in total. The zero-order valence-electron chi connectivity index (χ0n) is 1.76. The fraction of sp³-hybridized carbons (Fsp3) is 0. The van der Waals surface area contributed by atoms with Crippen molar-refractivity contribution in [2.24, 2.45) is 0 Å². The summed E-state index contributed by atoms with van der Waals surface area (Å²) in [4.78, 5) is 0. The maximum atomic E-state index is 0. The summed E-state index contributed by atoms with van der Waals surface area (Å²) < 4.78 is 0. The van der Waals surface area contributed by atoms with Gasteiger partial charge in [0.2, 0.25) is 0 Å². The molecule has 0 unspecified atom stereocenters.